The van der Waals surface area contributed by atoms with Gasteiger partial charge >= 0.3 is 0 Å². The van der Waals surface area contributed by atoms with Crippen molar-refractivity contribution in [2.45, 2.75) is 25.9 Å². The van der Waals surface area contributed by atoms with E-state index in [2.05, 4.69) is 6.58 Å². The maximum Gasteiger partial charge on any atom is 0.289 e. The predicted molar refractivity (Wildman–Crippen MR) is 104 cm³/mol. The molecule has 28 heavy (non-hydrogen) atoms. The van der Waals surface area contributed by atoms with Gasteiger partial charge in [-0.05, 0) is 37.6 Å². The van der Waals surface area contributed by atoms with Gasteiger partial charge in [-0.25, -0.2) is 0 Å². The quantitative estimate of drug-likeness (QED) is 0.635. The van der Waals surface area contributed by atoms with Gasteiger partial charge in [-0.15, -0.1) is 6.58 Å². The Morgan fingerprint density at radius 3 is 2.79 bits per heavy atom. The molecule has 1 saturated heterocycles. The van der Waals surface area contributed by atoms with Crippen molar-refractivity contribution in [2.75, 3.05) is 19.6 Å². The fraction of sp³-hybridized carbons (Fsp3) is 0.333. The average molecular weight is 381 g/mol. The van der Waals surface area contributed by atoms with E-state index in [0.717, 1.165) is 11.8 Å². The van der Waals surface area contributed by atoms with E-state index >= 15 is 0 Å². The molecule has 1 aliphatic heterocycles. The molecule has 7 nitrogen and oxygen atoms in total. The van der Waals surface area contributed by atoms with Crippen molar-refractivity contribution in [3.8, 4) is 0 Å². The molecule has 7 heteroatoms. The van der Waals surface area contributed by atoms with Crippen LogP contribution in [0, 0.1) is 0 Å². The topological polar surface area (TPSA) is 71.8 Å². The molecule has 146 valence electrons. The number of aromatic nitrogens is 1. The average Bonchev–Trinajstić information content (AvgIpc) is 3.42. The van der Waals surface area contributed by atoms with Gasteiger partial charge in [0.25, 0.3) is 11.8 Å². The summed E-state index contributed by atoms with van der Waals surface area (Å²) in [6, 6.07) is 6.99. The van der Waals surface area contributed by atoms with E-state index in [1.54, 1.807) is 28.2 Å². The van der Waals surface area contributed by atoms with Gasteiger partial charge in [0, 0.05) is 37.6 Å². The molecule has 3 aromatic heterocycles. The van der Waals surface area contributed by atoms with Crippen molar-refractivity contribution in [3.63, 3.8) is 0 Å². The Bertz CT molecular complexity index is 998. The Morgan fingerprint density at radius 1 is 1.21 bits per heavy atom. The Kier molecular flexibility index (Phi) is 4.81. The minimum absolute atomic E-state index is 0.0487. The van der Waals surface area contributed by atoms with E-state index in [-0.39, 0.29) is 17.9 Å². The highest BCUT2D eigenvalue weighted by molar-refractivity contribution is 5.98. The lowest BCUT2D eigenvalue weighted by Crippen LogP contribution is -2.55. The number of piperazine rings is 1. The van der Waals surface area contributed by atoms with Gasteiger partial charge in [-0.3, -0.25) is 9.59 Å². The lowest BCUT2D eigenvalue weighted by Gasteiger charge is -2.39. The highest BCUT2D eigenvalue weighted by Crippen LogP contribution is 2.24. The number of fused-ring (bicyclic) bond motifs is 1. The number of allylic oxidation sites excluding steroid dienone is 1. The van der Waals surface area contributed by atoms with Crippen molar-refractivity contribution < 1.29 is 18.4 Å². The fourth-order valence-electron chi connectivity index (χ4n) is 3.74. The molecule has 3 aromatic rings. The van der Waals surface area contributed by atoms with E-state index in [1.807, 2.05) is 29.7 Å². The van der Waals surface area contributed by atoms with Crippen molar-refractivity contribution in [2.24, 2.45) is 0 Å². The van der Waals surface area contributed by atoms with Crippen molar-refractivity contribution >= 4 is 22.9 Å². The molecule has 4 rings (SSSR count). The first-order chi connectivity index (χ1) is 13.6. The summed E-state index contributed by atoms with van der Waals surface area (Å²) in [4.78, 5) is 29.3. The molecule has 1 aliphatic rings. The van der Waals surface area contributed by atoms with Crippen LogP contribution in [-0.4, -0.2) is 51.9 Å². The zero-order chi connectivity index (χ0) is 19.7. The molecule has 0 aromatic carbocycles. The van der Waals surface area contributed by atoms with Crippen molar-refractivity contribution in [3.05, 3.63) is 60.9 Å². The second-order valence-corrected chi connectivity index (χ2v) is 7.02. The standard InChI is InChI=1S/C21H23N3O4/c1-3-4-8-24-17(13-16-7-12-28-21(16)24)19(25)22-9-10-23(15(2)14-22)20(26)18-6-5-11-27-18/h3,5-7,11-13,15H,1,4,8-10,14H2,2H3. The first-order valence-electron chi connectivity index (χ1n) is 9.41. The monoisotopic (exact) mass is 381 g/mol. The van der Waals surface area contributed by atoms with Crippen LogP contribution in [-0.2, 0) is 6.54 Å². The van der Waals surface area contributed by atoms with Crippen LogP contribution in [0.3, 0.4) is 0 Å². The van der Waals surface area contributed by atoms with Crippen LogP contribution in [0.25, 0.3) is 11.1 Å². The number of hydrogen-bond acceptors (Lipinski definition) is 4. The highest BCUT2D eigenvalue weighted by Gasteiger charge is 2.33. The summed E-state index contributed by atoms with van der Waals surface area (Å²) in [5.74, 6) is 0.133. The number of aryl methyl sites for hydroxylation is 1. The number of rotatable bonds is 5. The minimum Gasteiger partial charge on any atom is -0.459 e. The molecule has 0 radical (unpaired) electrons. The number of hydrogen-bond donors (Lipinski definition) is 0. The Hall–Kier alpha value is -3.22. The van der Waals surface area contributed by atoms with Crippen LogP contribution in [0.1, 0.15) is 34.4 Å². The third-order valence-corrected chi connectivity index (χ3v) is 5.19. The highest BCUT2D eigenvalue weighted by atomic mass is 16.3. The second-order valence-electron chi connectivity index (χ2n) is 7.02. The summed E-state index contributed by atoms with van der Waals surface area (Å²) in [6.07, 6.45) is 5.69. The van der Waals surface area contributed by atoms with E-state index < -0.39 is 0 Å². The van der Waals surface area contributed by atoms with E-state index in [0.29, 0.717) is 43.3 Å². The van der Waals surface area contributed by atoms with Crippen LogP contribution in [0.5, 0.6) is 0 Å². The van der Waals surface area contributed by atoms with Crippen molar-refractivity contribution in [1.29, 1.82) is 0 Å². The number of carbonyl (C=O) groups is 2. The third kappa shape index (κ3) is 3.13. The van der Waals surface area contributed by atoms with Crippen LogP contribution in [0.2, 0.25) is 0 Å². The fourth-order valence-corrected chi connectivity index (χ4v) is 3.74. The Balaban J connectivity index is 1.52. The molecular weight excluding hydrogens is 358 g/mol. The summed E-state index contributed by atoms with van der Waals surface area (Å²) in [7, 11) is 0. The van der Waals surface area contributed by atoms with E-state index in [9.17, 15) is 9.59 Å². The van der Waals surface area contributed by atoms with E-state index in [4.69, 9.17) is 8.83 Å². The van der Waals surface area contributed by atoms with Crippen LogP contribution in [0.15, 0.2) is 58.3 Å². The molecule has 0 spiro atoms. The predicted octanol–water partition coefficient (Wildman–Crippen LogP) is 3.39. The summed E-state index contributed by atoms with van der Waals surface area (Å²) in [6.45, 7) is 7.76. The van der Waals surface area contributed by atoms with Gasteiger partial charge in [0.1, 0.15) is 5.69 Å². The van der Waals surface area contributed by atoms with Gasteiger partial charge in [-0.2, -0.15) is 0 Å². The molecule has 0 bridgehead atoms. The summed E-state index contributed by atoms with van der Waals surface area (Å²) >= 11 is 0. The Labute approximate surface area is 162 Å². The first kappa shape index (κ1) is 18.2. The largest absolute Gasteiger partial charge is 0.459 e. The number of nitrogens with zero attached hydrogens (tertiary/aromatic N) is 3. The molecule has 4 heterocycles. The maximum atomic E-state index is 13.2. The summed E-state index contributed by atoms with van der Waals surface area (Å²) < 4.78 is 12.7. The first-order valence-corrected chi connectivity index (χ1v) is 9.41. The number of furan rings is 2. The SMILES string of the molecule is C=CCCn1c(C(=O)N2CCN(C(=O)c3ccco3)C(C)C2)cc2ccoc21. The molecule has 2 amide bonds. The van der Waals surface area contributed by atoms with Crippen LogP contribution in [0.4, 0.5) is 0 Å². The molecule has 1 atom stereocenters. The van der Waals surface area contributed by atoms with Gasteiger partial charge in [0.15, 0.2) is 5.76 Å². The van der Waals surface area contributed by atoms with Crippen molar-refractivity contribution in [1.82, 2.24) is 14.4 Å². The molecule has 1 unspecified atom stereocenters. The summed E-state index contributed by atoms with van der Waals surface area (Å²) in [5.41, 5.74) is 1.30. The summed E-state index contributed by atoms with van der Waals surface area (Å²) in [5, 5.41) is 0.909. The third-order valence-electron chi connectivity index (χ3n) is 5.19. The van der Waals surface area contributed by atoms with Gasteiger partial charge < -0.3 is 23.2 Å². The lowest BCUT2D eigenvalue weighted by atomic mass is 10.1. The van der Waals surface area contributed by atoms with Crippen LogP contribution >= 0.6 is 0 Å². The molecule has 0 aliphatic carbocycles. The van der Waals surface area contributed by atoms with E-state index in [1.165, 1.54) is 6.26 Å². The molecule has 0 N–H and O–H groups in total. The number of carbonyl (C=O) groups excluding carboxylic acids is 2. The van der Waals surface area contributed by atoms with Crippen LogP contribution < -0.4 is 0 Å². The maximum absolute atomic E-state index is 13.2. The molecular formula is C21H23N3O4. The minimum atomic E-state index is -0.142. The van der Waals surface area contributed by atoms with Gasteiger partial charge in [-0.1, -0.05) is 6.08 Å². The molecule has 1 fully saturated rings. The van der Waals surface area contributed by atoms with Gasteiger partial charge in [0.05, 0.1) is 12.5 Å². The second kappa shape index (κ2) is 7.42. The van der Waals surface area contributed by atoms with Gasteiger partial charge in [0.2, 0.25) is 5.71 Å². The normalized spacial score (nSPS) is 17.2. The number of amides is 2. The lowest BCUT2D eigenvalue weighted by molar-refractivity contribution is 0.0391. The zero-order valence-corrected chi connectivity index (χ0v) is 15.8. The Morgan fingerprint density at radius 2 is 2.07 bits per heavy atom. The smallest absolute Gasteiger partial charge is 0.289 e. The molecule has 0 saturated carbocycles. The zero-order valence-electron chi connectivity index (χ0n) is 15.8.